The van der Waals surface area contributed by atoms with Gasteiger partial charge in [-0.2, -0.15) is 0 Å². The van der Waals surface area contributed by atoms with Gasteiger partial charge in [-0.1, -0.05) is 19.1 Å². The minimum Gasteiger partial charge on any atom is -0.444 e. The molecule has 3 aliphatic heterocycles. The molecule has 4 amide bonds. The number of hydrogen-bond acceptors (Lipinski definition) is 5. The van der Waals surface area contributed by atoms with E-state index in [2.05, 4.69) is 12.2 Å². The number of fused-ring (bicyclic) bond motifs is 2. The van der Waals surface area contributed by atoms with Gasteiger partial charge in [0.05, 0.1) is 18.0 Å². The monoisotopic (exact) mass is 457 g/mol. The Hall–Kier alpha value is -2.38. The molecular weight excluding hydrogens is 422 g/mol. The molecule has 0 aromatic heterocycles. The van der Waals surface area contributed by atoms with Crippen molar-refractivity contribution in [2.75, 3.05) is 13.1 Å². The third-order valence-corrected chi connectivity index (χ3v) is 8.18. The fraction of sp³-hybridized carbons (Fsp3) is 0.760. The average molecular weight is 458 g/mol. The molecule has 0 N–H and O–H groups in total. The van der Waals surface area contributed by atoms with Crippen LogP contribution in [0.15, 0.2) is 12.2 Å². The van der Waals surface area contributed by atoms with Crippen LogP contribution in [0.2, 0.25) is 0 Å². The van der Waals surface area contributed by atoms with Crippen LogP contribution < -0.4 is 0 Å². The molecule has 6 atom stereocenters. The van der Waals surface area contributed by atoms with Crippen LogP contribution in [0.4, 0.5) is 4.79 Å². The second kappa shape index (κ2) is 7.84. The SMILES string of the molecule is C[C@@H]1C(=O)N(C(=O)C2C3CC=CCC32)[C@H]2CCN(C(=O)[C@@H]3CCCN3C(=O)OC(C)(C)C)[C@H]12. The molecule has 1 saturated carbocycles. The quantitative estimate of drug-likeness (QED) is 0.470. The van der Waals surface area contributed by atoms with Gasteiger partial charge in [-0.15, -0.1) is 0 Å². The molecule has 8 heteroatoms. The van der Waals surface area contributed by atoms with E-state index in [1.54, 1.807) is 4.90 Å². The van der Waals surface area contributed by atoms with Crippen molar-refractivity contribution in [1.82, 2.24) is 14.7 Å². The Morgan fingerprint density at radius 1 is 0.970 bits per heavy atom. The third kappa shape index (κ3) is 3.66. The van der Waals surface area contributed by atoms with Crippen LogP contribution >= 0.6 is 0 Å². The molecule has 0 radical (unpaired) electrons. The van der Waals surface area contributed by atoms with Crippen LogP contribution in [-0.2, 0) is 19.1 Å². The smallest absolute Gasteiger partial charge is 0.410 e. The highest BCUT2D eigenvalue weighted by Gasteiger charge is 2.62. The second-order valence-corrected chi connectivity index (χ2v) is 11.3. The first-order valence-electron chi connectivity index (χ1n) is 12.4. The van der Waals surface area contributed by atoms with Crippen molar-refractivity contribution in [2.24, 2.45) is 23.7 Å². The lowest BCUT2D eigenvalue weighted by Gasteiger charge is -2.33. The Bertz CT molecular complexity index is 894. The summed E-state index contributed by atoms with van der Waals surface area (Å²) in [6, 6.07) is -1.13. The summed E-state index contributed by atoms with van der Waals surface area (Å²) in [6.07, 6.45) is 7.59. The Kier molecular flexibility index (Phi) is 5.33. The summed E-state index contributed by atoms with van der Waals surface area (Å²) in [4.78, 5) is 57.7. The predicted molar refractivity (Wildman–Crippen MR) is 120 cm³/mol. The van der Waals surface area contributed by atoms with Gasteiger partial charge in [-0.3, -0.25) is 24.2 Å². The Morgan fingerprint density at radius 2 is 1.64 bits per heavy atom. The van der Waals surface area contributed by atoms with E-state index < -0.39 is 23.7 Å². The minimum absolute atomic E-state index is 0.0383. The normalized spacial score (nSPS) is 37.3. The van der Waals surface area contributed by atoms with Crippen LogP contribution in [0.5, 0.6) is 0 Å². The van der Waals surface area contributed by atoms with Gasteiger partial charge in [0.15, 0.2) is 0 Å². The molecule has 3 heterocycles. The van der Waals surface area contributed by atoms with E-state index in [1.165, 1.54) is 9.80 Å². The van der Waals surface area contributed by atoms with E-state index in [0.29, 0.717) is 37.8 Å². The van der Waals surface area contributed by atoms with Crippen LogP contribution in [0.1, 0.15) is 59.8 Å². The van der Waals surface area contributed by atoms with E-state index in [1.807, 2.05) is 27.7 Å². The Morgan fingerprint density at radius 3 is 2.27 bits per heavy atom. The standard InChI is InChI=1S/C25H35N3O5/c1-14-20-17(28(21(14)29)23(31)19-15-8-5-6-9-16(15)19)11-13-27(20)22(30)18-10-7-12-26(18)24(32)33-25(2,3)4/h5-6,14-20H,7-13H2,1-4H3/t14-,15?,16?,17-,18-,19?,20+/m0/s1. The maximum Gasteiger partial charge on any atom is 0.410 e. The highest BCUT2D eigenvalue weighted by atomic mass is 16.6. The molecular formula is C25H35N3O5. The first kappa shape index (κ1) is 22.4. The zero-order valence-electron chi connectivity index (χ0n) is 20.0. The summed E-state index contributed by atoms with van der Waals surface area (Å²) in [7, 11) is 0. The summed E-state index contributed by atoms with van der Waals surface area (Å²) in [5, 5.41) is 0. The van der Waals surface area contributed by atoms with E-state index in [9.17, 15) is 19.2 Å². The van der Waals surface area contributed by atoms with Crippen LogP contribution in [-0.4, -0.2) is 75.3 Å². The summed E-state index contributed by atoms with van der Waals surface area (Å²) >= 11 is 0. The van der Waals surface area contributed by atoms with E-state index in [-0.39, 0.29) is 35.7 Å². The number of hydrogen-bond donors (Lipinski definition) is 0. The topological polar surface area (TPSA) is 87.2 Å². The molecule has 4 fully saturated rings. The number of imide groups is 1. The minimum atomic E-state index is -0.630. The molecule has 2 aliphatic carbocycles. The third-order valence-electron chi connectivity index (χ3n) is 8.18. The van der Waals surface area contributed by atoms with Crippen molar-refractivity contribution in [2.45, 2.75) is 83.5 Å². The van der Waals surface area contributed by atoms with Crippen molar-refractivity contribution in [3.63, 3.8) is 0 Å². The van der Waals surface area contributed by atoms with E-state index in [4.69, 9.17) is 4.74 Å². The number of rotatable bonds is 2. The number of amides is 4. The van der Waals surface area contributed by atoms with Gasteiger partial charge in [0.25, 0.3) is 0 Å². The van der Waals surface area contributed by atoms with Crippen LogP contribution in [0, 0.1) is 23.7 Å². The molecule has 180 valence electrons. The lowest BCUT2D eigenvalue weighted by Crippen LogP contribution is -2.52. The molecule has 0 bridgehead atoms. The number of nitrogens with zero attached hydrogens (tertiary/aromatic N) is 3. The first-order chi connectivity index (χ1) is 15.6. The van der Waals surface area contributed by atoms with Gasteiger partial charge in [-0.05, 0) is 64.7 Å². The van der Waals surface area contributed by atoms with Gasteiger partial charge >= 0.3 is 6.09 Å². The average Bonchev–Trinajstić information content (AvgIpc) is 3.05. The van der Waals surface area contributed by atoms with Gasteiger partial charge in [0.2, 0.25) is 17.7 Å². The molecule has 5 rings (SSSR count). The zero-order valence-corrected chi connectivity index (χ0v) is 20.0. The van der Waals surface area contributed by atoms with E-state index >= 15 is 0 Å². The number of allylic oxidation sites excluding steroid dienone is 2. The number of ether oxygens (including phenoxy) is 1. The summed E-state index contributed by atoms with van der Waals surface area (Å²) in [6.45, 7) is 8.27. The number of carbonyl (C=O) groups excluding carboxylic acids is 4. The Balaban J connectivity index is 1.30. The lowest BCUT2D eigenvalue weighted by atomic mass is 10.0. The second-order valence-electron chi connectivity index (χ2n) is 11.3. The number of carbonyl (C=O) groups is 4. The first-order valence-corrected chi connectivity index (χ1v) is 12.4. The molecule has 33 heavy (non-hydrogen) atoms. The predicted octanol–water partition coefficient (Wildman–Crippen LogP) is 2.57. The summed E-state index contributed by atoms with van der Waals surface area (Å²) in [5.74, 6) is -0.0561. The highest BCUT2D eigenvalue weighted by Crippen LogP contribution is 2.55. The van der Waals surface area contributed by atoms with Gasteiger partial charge in [0.1, 0.15) is 11.6 Å². The van der Waals surface area contributed by atoms with Crippen molar-refractivity contribution in [1.29, 1.82) is 0 Å². The zero-order chi connectivity index (χ0) is 23.7. The van der Waals surface area contributed by atoms with Crippen LogP contribution in [0.3, 0.4) is 0 Å². The largest absolute Gasteiger partial charge is 0.444 e. The molecule has 8 nitrogen and oxygen atoms in total. The molecule has 3 saturated heterocycles. The highest BCUT2D eigenvalue weighted by molar-refractivity contribution is 6.02. The van der Waals surface area contributed by atoms with E-state index in [0.717, 1.165) is 19.3 Å². The molecule has 0 aromatic carbocycles. The summed E-state index contributed by atoms with van der Waals surface area (Å²) in [5.41, 5.74) is -0.630. The van der Waals surface area contributed by atoms with Gasteiger partial charge in [0, 0.05) is 19.0 Å². The fourth-order valence-electron chi connectivity index (χ4n) is 6.62. The van der Waals surface area contributed by atoms with Gasteiger partial charge < -0.3 is 9.64 Å². The lowest BCUT2D eigenvalue weighted by molar-refractivity contribution is -0.146. The van der Waals surface area contributed by atoms with Gasteiger partial charge in [-0.25, -0.2) is 4.79 Å². The molecule has 0 aromatic rings. The molecule has 0 spiro atoms. The van der Waals surface area contributed by atoms with Crippen molar-refractivity contribution >= 4 is 23.8 Å². The maximum absolute atomic E-state index is 13.6. The van der Waals surface area contributed by atoms with Crippen LogP contribution in [0.25, 0.3) is 0 Å². The van der Waals surface area contributed by atoms with Crippen molar-refractivity contribution in [3.05, 3.63) is 12.2 Å². The number of likely N-dealkylation sites (tertiary alicyclic amines) is 3. The summed E-state index contributed by atoms with van der Waals surface area (Å²) < 4.78 is 5.52. The molecule has 5 aliphatic rings. The maximum atomic E-state index is 13.6. The van der Waals surface area contributed by atoms with Crippen molar-refractivity contribution < 1.29 is 23.9 Å². The molecule has 2 unspecified atom stereocenters. The van der Waals surface area contributed by atoms with Crippen molar-refractivity contribution in [3.8, 4) is 0 Å². The Labute approximate surface area is 195 Å². The fourth-order valence-corrected chi connectivity index (χ4v) is 6.62.